The molecule has 3 heterocycles. The van der Waals surface area contributed by atoms with E-state index in [9.17, 15) is 4.79 Å². The SMILES string of the molecule is Cc1ncccc1Oc1sc(C(N)=O)c2c1-c1snnc1CC2. The van der Waals surface area contributed by atoms with Gasteiger partial charge in [-0.15, -0.1) is 5.10 Å². The van der Waals surface area contributed by atoms with Gasteiger partial charge in [0.2, 0.25) is 0 Å². The molecule has 1 amide bonds. The molecular formula is C15H12N4O2S2. The maximum atomic E-state index is 11.8. The molecule has 3 aromatic rings. The van der Waals surface area contributed by atoms with Crippen LogP contribution >= 0.6 is 22.9 Å². The summed E-state index contributed by atoms with van der Waals surface area (Å²) in [5, 5.41) is 4.81. The molecule has 6 nitrogen and oxygen atoms in total. The summed E-state index contributed by atoms with van der Waals surface area (Å²) in [6.07, 6.45) is 3.20. The largest absolute Gasteiger partial charge is 0.444 e. The summed E-state index contributed by atoms with van der Waals surface area (Å²) >= 11 is 2.60. The van der Waals surface area contributed by atoms with Crippen molar-refractivity contribution in [2.45, 2.75) is 19.8 Å². The second-order valence-electron chi connectivity index (χ2n) is 5.17. The van der Waals surface area contributed by atoms with Crippen LogP contribution in [0.2, 0.25) is 0 Å². The minimum absolute atomic E-state index is 0.426. The summed E-state index contributed by atoms with van der Waals surface area (Å²) in [5.41, 5.74) is 9.13. The van der Waals surface area contributed by atoms with Crippen LogP contribution in [0.3, 0.4) is 0 Å². The van der Waals surface area contributed by atoms with Gasteiger partial charge in [0.25, 0.3) is 5.91 Å². The molecule has 2 N–H and O–H groups in total. The molecule has 0 aliphatic heterocycles. The van der Waals surface area contributed by atoms with Gasteiger partial charge < -0.3 is 10.5 Å². The molecule has 4 rings (SSSR count). The van der Waals surface area contributed by atoms with Gasteiger partial charge in [0, 0.05) is 6.20 Å². The van der Waals surface area contributed by atoms with Crippen LogP contribution in [0, 0.1) is 6.92 Å². The highest BCUT2D eigenvalue weighted by molar-refractivity contribution is 7.17. The second-order valence-corrected chi connectivity index (χ2v) is 6.91. The molecule has 1 aliphatic rings. The Morgan fingerprint density at radius 2 is 2.26 bits per heavy atom. The van der Waals surface area contributed by atoms with Gasteiger partial charge in [-0.05, 0) is 49.0 Å². The summed E-state index contributed by atoms with van der Waals surface area (Å²) in [6, 6.07) is 3.67. The third-order valence-electron chi connectivity index (χ3n) is 3.75. The zero-order chi connectivity index (χ0) is 16.0. The number of aromatic nitrogens is 3. The van der Waals surface area contributed by atoms with E-state index in [1.54, 1.807) is 6.20 Å². The van der Waals surface area contributed by atoms with Crippen LogP contribution in [0.15, 0.2) is 18.3 Å². The van der Waals surface area contributed by atoms with Crippen molar-refractivity contribution in [2.75, 3.05) is 0 Å². The molecule has 0 spiro atoms. The van der Waals surface area contributed by atoms with Gasteiger partial charge >= 0.3 is 0 Å². The summed E-state index contributed by atoms with van der Waals surface area (Å²) in [7, 11) is 0. The van der Waals surface area contributed by atoms with E-state index < -0.39 is 5.91 Å². The smallest absolute Gasteiger partial charge is 0.259 e. The average Bonchev–Trinajstić information content (AvgIpc) is 3.13. The number of hydrogen-bond donors (Lipinski definition) is 1. The summed E-state index contributed by atoms with van der Waals surface area (Å²) in [5.74, 6) is 0.238. The van der Waals surface area contributed by atoms with E-state index in [1.807, 2.05) is 19.1 Å². The number of carbonyl (C=O) groups excluding carboxylic acids is 1. The molecule has 0 atom stereocenters. The Morgan fingerprint density at radius 1 is 1.39 bits per heavy atom. The molecule has 8 heteroatoms. The lowest BCUT2D eigenvalue weighted by Crippen LogP contribution is -2.13. The first-order valence-corrected chi connectivity index (χ1v) is 8.60. The van der Waals surface area contributed by atoms with Crippen LogP contribution in [-0.4, -0.2) is 20.5 Å². The monoisotopic (exact) mass is 344 g/mol. The van der Waals surface area contributed by atoms with Gasteiger partial charge in [-0.2, -0.15) is 0 Å². The van der Waals surface area contributed by atoms with E-state index in [4.69, 9.17) is 10.5 Å². The second kappa shape index (κ2) is 5.39. The van der Waals surface area contributed by atoms with E-state index in [0.29, 0.717) is 15.7 Å². The third-order valence-corrected chi connectivity index (χ3v) is 5.66. The highest BCUT2D eigenvalue weighted by Gasteiger charge is 2.31. The van der Waals surface area contributed by atoms with Crippen molar-refractivity contribution in [2.24, 2.45) is 5.73 Å². The summed E-state index contributed by atoms with van der Waals surface area (Å²) in [4.78, 5) is 17.5. The predicted molar refractivity (Wildman–Crippen MR) is 88.2 cm³/mol. The number of aryl methyl sites for hydroxylation is 2. The average molecular weight is 344 g/mol. The van der Waals surface area contributed by atoms with Crippen molar-refractivity contribution in [3.63, 3.8) is 0 Å². The molecule has 0 aromatic carbocycles. The standard InChI is InChI=1S/C15H12N4O2S2/c1-7-10(3-2-6-17-7)21-15-11-8(12(22-15)14(16)20)4-5-9-13(11)23-19-18-9/h2-3,6H,4-5H2,1H3,(H2,16,20). The van der Waals surface area contributed by atoms with Crippen molar-refractivity contribution in [1.82, 2.24) is 14.6 Å². The molecule has 23 heavy (non-hydrogen) atoms. The first-order chi connectivity index (χ1) is 11.1. The first kappa shape index (κ1) is 14.3. The van der Waals surface area contributed by atoms with Crippen molar-refractivity contribution >= 4 is 28.8 Å². The Hall–Kier alpha value is -2.32. The number of fused-ring (bicyclic) bond motifs is 3. The Bertz CT molecular complexity index is 916. The van der Waals surface area contributed by atoms with Crippen LogP contribution in [0.5, 0.6) is 10.8 Å². The minimum atomic E-state index is -0.426. The number of carbonyl (C=O) groups is 1. The lowest BCUT2D eigenvalue weighted by Gasteiger charge is -2.13. The summed E-state index contributed by atoms with van der Waals surface area (Å²) < 4.78 is 10.1. The summed E-state index contributed by atoms with van der Waals surface area (Å²) in [6.45, 7) is 1.88. The molecule has 0 bridgehead atoms. The zero-order valence-electron chi connectivity index (χ0n) is 12.2. The molecule has 0 saturated carbocycles. The van der Waals surface area contributed by atoms with Gasteiger partial charge in [0.15, 0.2) is 5.06 Å². The molecule has 1 aliphatic carbocycles. The fraction of sp³-hybridized carbons (Fsp3) is 0.200. The van der Waals surface area contributed by atoms with E-state index in [-0.39, 0.29) is 0 Å². The fourth-order valence-electron chi connectivity index (χ4n) is 2.66. The quantitative estimate of drug-likeness (QED) is 0.789. The molecule has 3 aromatic heterocycles. The normalized spacial score (nSPS) is 12.6. The molecule has 0 radical (unpaired) electrons. The molecular weight excluding hydrogens is 332 g/mol. The van der Waals surface area contributed by atoms with Gasteiger partial charge in [0.1, 0.15) is 5.75 Å². The Morgan fingerprint density at radius 3 is 3.04 bits per heavy atom. The zero-order valence-corrected chi connectivity index (χ0v) is 13.8. The number of rotatable bonds is 3. The van der Waals surface area contributed by atoms with Crippen molar-refractivity contribution in [3.8, 4) is 21.3 Å². The van der Waals surface area contributed by atoms with Crippen molar-refractivity contribution in [1.29, 1.82) is 0 Å². The number of ether oxygens (including phenoxy) is 1. The number of pyridine rings is 1. The number of hydrogen-bond acceptors (Lipinski definition) is 7. The van der Waals surface area contributed by atoms with E-state index in [2.05, 4.69) is 14.6 Å². The number of thiophene rings is 1. The first-order valence-electron chi connectivity index (χ1n) is 7.01. The molecule has 0 saturated heterocycles. The highest BCUT2D eigenvalue weighted by atomic mass is 32.1. The van der Waals surface area contributed by atoms with Gasteiger partial charge in [0.05, 0.1) is 26.7 Å². The Kier molecular flexibility index (Phi) is 3.35. The van der Waals surface area contributed by atoms with Crippen molar-refractivity contribution < 1.29 is 9.53 Å². The number of nitrogens with two attached hydrogens (primary N) is 1. The molecule has 116 valence electrons. The number of amides is 1. The topological polar surface area (TPSA) is 91.0 Å². The van der Waals surface area contributed by atoms with E-state index in [0.717, 1.165) is 40.2 Å². The van der Waals surface area contributed by atoms with Gasteiger partial charge in [-0.25, -0.2) is 0 Å². The lowest BCUT2D eigenvalue weighted by molar-refractivity contribution is 0.100. The molecule has 0 unspecified atom stereocenters. The van der Waals surface area contributed by atoms with Crippen LogP contribution in [0.25, 0.3) is 10.4 Å². The van der Waals surface area contributed by atoms with E-state index >= 15 is 0 Å². The van der Waals surface area contributed by atoms with Crippen molar-refractivity contribution in [3.05, 3.63) is 40.2 Å². The lowest BCUT2D eigenvalue weighted by atomic mass is 9.95. The Balaban J connectivity index is 1.88. The van der Waals surface area contributed by atoms with Crippen LogP contribution in [-0.2, 0) is 12.8 Å². The molecule has 0 fully saturated rings. The maximum absolute atomic E-state index is 11.8. The van der Waals surface area contributed by atoms with Crippen LogP contribution < -0.4 is 10.5 Å². The number of nitrogens with zero attached hydrogens (tertiary/aromatic N) is 3. The minimum Gasteiger partial charge on any atom is -0.444 e. The highest BCUT2D eigenvalue weighted by Crippen LogP contribution is 2.49. The number of primary amides is 1. The van der Waals surface area contributed by atoms with E-state index in [1.165, 1.54) is 22.9 Å². The van der Waals surface area contributed by atoms with Crippen LogP contribution in [0.1, 0.15) is 26.6 Å². The van der Waals surface area contributed by atoms with Crippen LogP contribution in [0.4, 0.5) is 0 Å². The maximum Gasteiger partial charge on any atom is 0.259 e. The fourth-order valence-corrected chi connectivity index (χ4v) is 4.58. The Labute approximate surface area is 140 Å². The third kappa shape index (κ3) is 2.30. The van der Waals surface area contributed by atoms with Gasteiger partial charge in [-0.1, -0.05) is 15.8 Å². The van der Waals surface area contributed by atoms with Gasteiger partial charge in [-0.3, -0.25) is 9.78 Å². The predicted octanol–water partition coefficient (Wildman–Crippen LogP) is 2.96.